The fourth-order valence-electron chi connectivity index (χ4n) is 2.37. The van der Waals surface area contributed by atoms with Crippen LogP contribution in [-0.4, -0.2) is 45.2 Å². The van der Waals surface area contributed by atoms with Gasteiger partial charge in [-0.25, -0.2) is 12.7 Å². The molecule has 1 saturated heterocycles. The SMILES string of the molecule is CNc1ccccc1CNC1CCN(S(C)(=O)=O)C1. The van der Waals surface area contributed by atoms with Crippen molar-refractivity contribution in [1.29, 1.82) is 0 Å². The second kappa shape index (κ2) is 5.90. The summed E-state index contributed by atoms with van der Waals surface area (Å²) in [5.41, 5.74) is 2.30. The topological polar surface area (TPSA) is 61.4 Å². The fraction of sp³-hybridized carbons (Fsp3) is 0.538. The van der Waals surface area contributed by atoms with Crippen LogP contribution in [0, 0.1) is 0 Å². The number of para-hydroxylation sites is 1. The van der Waals surface area contributed by atoms with Crippen molar-refractivity contribution < 1.29 is 8.42 Å². The fourth-order valence-corrected chi connectivity index (χ4v) is 3.26. The zero-order valence-electron chi connectivity index (χ0n) is 11.4. The Hall–Kier alpha value is -1.11. The molecule has 0 saturated carbocycles. The van der Waals surface area contributed by atoms with Gasteiger partial charge in [-0.3, -0.25) is 0 Å². The zero-order valence-corrected chi connectivity index (χ0v) is 12.2. The van der Waals surface area contributed by atoms with Crippen LogP contribution in [0.15, 0.2) is 24.3 Å². The standard InChI is InChI=1S/C13H21N3O2S/c1-14-13-6-4-3-5-11(13)9-15-12-7-8-16(10-12)19(2,17)18/h3-6,12,14-15H,7-10H2,1-2H3. The minimum Gasteiger partial charge on any atom is -0.388 e. The molecule has 2 rings (SSSR count). The maximum absolute atomic E-state index is 11.4. The number of nitrogens with one attached hydrogen (secondary N) is 2. The van der Waals surface area contributed by atoms with E-state index in [1.807, 2.05) is 25.2 Å². The summed E-state index contributed by atoms with van der Waals surface area (Å²) < 4.78 is 24.4. The van der Waals surface area contributed by atoms with Crippen LogP contribution >= 0.6 is 0 Å². The van der Waals surface area contributed by atoms with Gasteiger partial charge in [0.25, 0.3) is 0 Å². The molecular formula is C13H21N3O2S. The van der Waals surface area contributed by atoms with Gasteiger partial charge in [-0.05, 0) is 18.1 Å². The van der Waals surface area contributed by atoms with E-state index < -0.39 is 10.0 Å². The van der Waals surface area contributed by atoms with E-state index in [4.69, 9.17) is 0 Å². The van der Waals surface area contributed by atoms with Gasteiger partial charge < -0.3 is 10.6 Å². The van der Waals surface area contributed by atoms with Crippen molar-refractivity contribution in [3.8, 4) is 0 Å². The Labute approximate surface area is 115 Å². The first-order valence-electron chi connectivity index (χ1n) is 6.45. The van der Waals surface area contributed by atoms with Gasteiger partial charge in [-0.15, -0.1) is 0 Å². The molecule has 1 aromatic rings. The molecule has 1 atom stereocenters. The third-order valence-corrected chi connectivity index (χ3v) is 4.76. The molecule has 0 bridgehead atoms. The Morgan fingerprint density at radius 2 is 2.11 bits per heavy atom. The number of benzene rings is 1. The molecule has 6 heteroatoms. The van der Waals surface area contributed by atoms with Gasteiger partial charge in [0, 0.05) is 38.4 Å². The lowest BCUT2D eigenvalue weighted by Crippen LogP contribution is -2.34. The van der Waals surface area contributed by atoms with Crippen molar-refractivity contribution >= 4 is 15.7 Å². The molecule has 19 heavy (non-hydrogen) atoms. The van der Waals surface area contributed by atoms with Crippen LogP contribution in [0.4, 0.5) is 5.69 Å². The highest BCUT2D eigenvalue weighted by Crippen LogP contribution is 2.16. The van der Waals surface area contributed by atoms with E-state index in [1.54, 1.807) is 0 Å². The van der Waals surface area contributed by atoms with Gasteiger partial charge in [0.05, 0.1) is 6.26 Å². The average Bonchev–Trinajstić information content (AvgIpc) is 2.85. The minimum absolute atomic E-state index is 0.236. The molecule has 0 aromatic heterocycles. The maximum atomic E-state index is 11.4. The summed E-state index contributed by atoms with van der Waals surface area (Å²) in [6.07, 6.45) is 2.14. The molecule has 0 amide bonds. The molecule has 0 radical (unpaired) electrons. The van der Waals surface area contributed by atoms with Gasteiger partial charge in [-0.1, -0.05) is 18.2 Å². The molecule has 0 aliphatic carbocycles. The highest BCUT2D eigenvalue weighted by atomic mass is 32.2. The summed E-state index contributed by atoms with van der Waals surface area (Å²) in [6.45, 7) is 1.93. The van der Waals surface area contributed by atoms with E-state index in [9.17, 15) is 8.42 Å². The van der Waals surface area contributed by atoms with Crippen molar-refractivity contribution in [3.63, 3.8) is 0 Å². The molecule has 5 nitrogen and oxygen atoms in total. The van der Waals surface area contributed by atoms with Crippen molar-refractivity contribution in [1.82, 2.24) is 9.62 Å². The molecule has 1 heterocycles. The van der Waals surface area contributed by atoms with Crippen LogP contribution in [0.5, 0.6) is 0 Å². The summed E-state index contributed by atoms with van der Waals surface area (Å²) in [6, 6.07) is 8.35. The molecule has 1 aromatic carbocycles. The van der Waals surface area contributed by atoms with E-state index in [-0.39, 0.29) is 6.04 Å². The second-order valence-electron chi connectivity index (χ2n) is 4.89. The molecular weight excluding hydrogens is 262 g/mol. The van der Waals surface area contributed by atoms with Crippen LogP contribution in [0.2, 0.25) is 0 Å². The normalized spacial score (nSPS) is 20.6. The zero-order chi connectivity index (χ0) is 13.9. The molecule has 1 aliphatic heterocycles. The predicted molar refractivity (Wildman–Crippen MR) is 77.7 cm³/mol. The minimum atomic E-state index is -3.05. The van der Waals surface area contributed by atoms with Crippen LogP contribution in [-0.2, 0) is 16.6 Å². The molecule has 1 fully saturated rings. The Kier molecular flexibility index (Phi) is 4.44. The first-order valence-corrected chi connectivity index (χ1v) is 8.29. The van der Waals surface area contributed by atoms with Crippen LogP contribution < -0.4 is 10.6 Å². The first-order chi connectivity index (χ1) is 9.00. The van der Waals surface area contributed by atoms with Gasteiger partial charge in [0.15, 0.2) is 0 Å². The van der Waals surface area contributed by atoms with Crippen molar-refractivity contribution in [2.24, 2.45) is 0 Å². The number of hydrogen-bond donors (Lipinski definition) is 2. The summed E-state index contributed by atoms with van der Waals surface area (Å²) in [5, 5.41) is 6.59. The van der Waals surface area contributed by atoms with Crippen molar-refractivity contribution in [3.05, 3.63) is 29.8 Å². The van der Waals surface area contributed by atoms with E-state index in [1.165, 1.54) is 16.1 Å². The summed E-state index contributed by atoms with van der Waals surface area (Å²) in [4.78, 5) is 0. The third kappa shape index (κ3) is 3.68. The highest BCUT2D eigenvalue weighted by molar-refractivity contribution is 7.88. The van der Waals surface area contributed by atoms with Gasteiger partial charge in [0.2, 0.25) is 10.0 Å². The quantitative estimate of drug-likeness (QED) is 0.841. The lowest BCUT2D eigenvalue weighted by Gasteiger charge is -2.16. The first kappa shape index (κ1) is 14.3. The Balaban J connectivity index is 1.90. The van der Waals surface area contributed by atoms with Crippen LogP contribution in [0.1, 0.15) is 12.0 Å². The largest absolute Gasteiger partial charge is 0.388 e. The summed E-state index contributed by atoms with van der Waals surface area (Å²) in [5.74, 6) is 0. The second-order valence-corrected chi connectivity index (χ2v) is 6.88. The summed E-state index contributed by atoms with van der Waals surface area (Å²) in [7, 11) is -1.15. The predicted octanol–water partition coefficient (Wildman–Crippen LogP) is 0.852. The number of sulfonamides is 1. The maximum Gasteiger partial charge on any atom is 0.211 e. The number of nitrogens with zero attached hydrogens (tertiary/aromatic N) is 1. The number of anilines is 1. The smallest absolute Gasteiger partial charge is 0.211 e. The lowest BCUT2D eigenvalue weighted by molar-refractivity contribution is 0.461. The van der Waals surface area contributed by atoms with Crippen LogP contribution in [0.25, 0.3) is 0 Å². The Morgan fingerprint density at radius 3 is 2.74 bits per heavy atom. The number of rotatable bonds is 5. The van der Waals surface area contributed by atoms with E-state index >= 15 is 0 Å². The van der Waals surface area contributed by atoms with E-state index in [0.717, 1.165) is 18.7 Å². The molecule has 2 N–H and O–H groups in total. The number of hydrogen-bond acceptors (Lipinski definition) is 4. The Bertz CT molecular complexity index is 530. The van der Waals surface area contributed by atoms with E-state index in [2.05, 4.69) is 16.7 Å². The van der Waals surface area contributed by atoms with Gasteiger partial charge in [-0.2, -0.15) is 0 Å². The lowest BCUT2D eigenvalue weighted by atomic mass is 10.1. The molecule has 106 valence electrons. The Morgan fingerprint density at radius 1 is 1.37 bits per heavy atom. The van der Waals surface area contributed by atoms with Crippen molar-refractivity contribution in [2.75, 3.05) is 31.7 Å². The highest BCUT2D eigenvalue weighted by Gasteiger charge is 2.28. The average molecular weight is 283 g/mol. The van der Waals surface area contributed by atoms with Gasteiger partial charge >= 0.3 is 0 Å². The molecule has 1 unspecified atom stereocenters. The van der Waals surface area contributed by atoms with E-state index in [0.29, 0.717) is 13.1 Å². The van der Waals surface area contributed by atoms with Gasteiger partial charge in [0.1, 0.15) is 0 Å². The monoisotopic (exact) mass is 283 g/mol. The molecule has 1 aliphatic rings. The van der Waals surface area contributed by atoms with Crippen molar-refractivity contribution in [2.45, 2.75) is 19.0 Å². The third-order valence-electron chi connectivity index (χ3n) is 3.49. The summed E-state index contributed by atoms with van der Waals surface area (Å²) >= 11 is 0. The van der Waals surface area contributed by atoms with Crippen LogP contribution in [0.3, 0.4) is 0 Å². The molecule has 0 spiro atoms.